The third kappa shape index (κ3) is 2.71. The smallest absolute Gasteiger partial charge is 0.265 e. The lowest BCUT2D eigenvalue weighted by Gasteiger charge is -2.25. The van der Waals surface area contributed by atoms with Gasteiger partial charge in [0.15, 0.2) is 0 Å². The number of hydrogen-bond donors (Lipinski definition) is 0. The van der Waals surface area contributed by atoms with Crippen LogP contribution in [0.3, 0.4) is 0 Å². The molecular formula is C15H13Br2NOS. The van der Waals surface area contributed by atoms with Crippen LogP contribution >= 0.6 is 43.2 Å². The van der Waals surface area contributed by atoms with Crippen molar-refractivity contribution in [2.45, 2.75) is 18.9 Å². The standard InChI is InChI=1S/C15H13Br2NOS/c16-11-4-1-3-10(9-11)13-5-2-7-18(13)15(19)14-12(17)6-8-20-14/h1,3-4,6,8-9,13H,2,5,7H2. The molecule has 1 aromatic heterocycles. The predicted molar refractivity (Wildman–Crippen MR) is 89.2 cm³/mol. The van der Waals surface area contributed by atoms with Crippen molar-refractivity contribution in [2.24, 2.45) is 0 Å². The van der Waals surface area contributed by atoms with Crippen LogP contribution < -0.4 is 0 Å². The zero-order chi connectivity index (χ0) is 14.1. The SMILES string of the molecule is O=C(c1sccc1Br)N1CCCC1c1cccc(Br)c1. The van der Waals surface area contributed by atoms with Crippen LogP contribution in [-0.2, 0) is 0 Å². The van der Waals surface area contributed by atoms with Gasteiger partial charge in [-0.3, -0.25) is 4.79 Å². The molecule has 0 spiro atoms. The van der Waals surface area contributed by atoms with Crippen molar-refractivity contribution in [3.05, 3.63) is 55.1 Å². The van der Waals surface area contributed by atoms with Gasteiger partial charge in [-0.1, -0.05) is 28.1 Å². The Morgan fingerprint density at radius 2 is 2.15 bits per heavy atom. The maximum atomic E-state index is 12.7. The van der Waals surface area contributed by atoms with Crippen LogP contribution in [0.2, 0.25) is 0 Å². The molecule has 0 radical (unpaired) electrons. The van der Waals surface area contributed by atoms with Crippen molar-refractivity contribution in [3.8, 4) is 0 Å². The average molecular weight is 415 g/mol. The van der Waals surface area contributed by atoms with Gasteiger partial charge in [0, 0.05) is 15.5 Å². The first-order chi connectivity index (χ1) is 9.66. The highest BCUT2D eigenvalue weighted by Crippen LogP contribution is 2.36. The van der Waals surface area contributed by atoms with Crippen LogP contribution in [0.4, 0.5) is 0 Å². The molecule has 0 saturated carbocycles. The zero-order valence-electron chi connectivity index (χ0n) is 10.7. The Labute approximate surface area is 139 Å². The third-order valence-corrected chi connectivity index (χ3v) is 5.88. The minimum absolute atomic E-state index is 0.134. The van der Waals surface area contributed by atoms with Gasteiger partial charge in [0.1, 0.15) is 4.88 Å². The molecule has 104 valence electrons. The molecule has 20 heavy (non-hydrogen) atoms. The lowest BCUT2D eigenvalue weighted by atomic mass is 10.0. The number of nitrogens with zero attached hydrogens (tertiary/aromatic N) is 1. The molecular weight excluding hydrogens is 402 g/mol. The summed E-state index contributed by atoms with van der Waals surface area (Å²) in [6, 6.07) is 10.4. The minimum Gasteiger partial charge on any atom is -0.331 e. The highest BCUT2D eigenvalue weighted by atomic mass is 79.9. The predicted octanol–water partition coefficient (Wildman–Crippen LogP) is 5.25. The fourth-order valence-electron chi connectivity index (χ4n) is 2.65. The van der Waals surface area contributed by atoms with Crippen LogP contribution in [0.25, 0.3) is 0 Å². The molecule has 3 rings (SSSR count). The molecule has 2 aromatic rings. The van der Waals surface area contributed by atoms with Crippen molar-refractivity contribution in [1.82, 2.24) is 4.90 Å². The molecule has 5 heteroatoms. The van der Waals surface area contributed by atoms with E-state index in [9.17, 15) is 4.79 Å². The van der Waals surface area contributed by atoms with Crippen LogP contribution in [0, 0.1) is 0 Å². The van der Waals surface area contributed by atoms with E-state index in [0.717, 1.165) is 33.2 Å². The Hall–Kier alpha value is -0.650. The number of hydrogen-bond acceptors (Lipinski definition) is 2. The first-order valence-electron chi connectivity index (χ1n) is 6.46. The molecule has 1 amide bonds. The second-order valence-corrected chi connectivity index (χ2v) is 7.50. The second-order valence-electron chi connectivity index (χ2n) is 4.81. The van der Waals surface area contributed by atoms with E-state index in [-0.39, 0.29) is 11.9 Å². The number of carbonyl (C=O) groups excluding carboxylic acids is 1. The van der Waals surface area contributed by atoms with Crippen LogP contribution in [-0.4, -0.2) is 17.4 Å². The number of benzene rings is 1. The summed E-state index contributed by atoms with van der Waals surface area (Å²) in [6.07, 6.45) is 2.09. The quantitative estimate of drug-likeness (QED) is 0.656. The first kappa shape index (κ1) is 14.3. The van der Waals surface area contributed by atoms with Gasteiger partial charge in [-0.15, -0.1) is 11.3 Å². The van der Waals surface area contributed by atoms with Gasteiger partial charge in [-0.25, -0.2) is 0 Å². The summed E-state index contributed by atoms with van der Waals surface area (Å²) < 4.78 is 1.96. The van der Waals surface area contributed by atoms with Gasteiger partial charge in [-0.2, -0.15) is 0 Å². The molecule has 0 N–H and O–H groups in total. The topological polar surface area (TPSA) is 20.3 Å². The van der Waals surface area contributed by atoms with E-state index in [2.05, 4.69) is 44.0 Å². The Bertz CT molecular complexity index is 640. The fourth-order valence-corrected chi connectivity index (χ4v) is 4.56. The lowest BCUT2D eigenvalue weighted by Crippen LogP contribution is -2.30. The molecule has 0 aliphatic carbocycles. The Morgan fingerprint density at radius 3 is 2.85 bits per heavy atom. The molecule has 1 saturated heterocycles. The van der Waals surface area contributed by atoms with Gasteiger partial charge < -0.3 is 4.90 Å². The number of rotatable bonds is 2. The summed E-state index contributed by atoms with van der Waals surface area (Å²) in [4.78, 5) is 15.5. The van der Waals surface area contributed by atoms with Gasteiger partial charge in [-0.05, 0) is 57.9 Å². The van der Waals surface area contributed by atoms with E-state index >= 15 is 0 Å². The highest BCUT2D eigenvalue weighted by Gasteiger charge is 2.31. The molecule has 1 fully saturated rings. The largest absolute Gasteiger partial charge is 0.331 e. The summed E-state index contributed by atoms with van der Waals surface area (Å²) in [5, 5.41) is 1.95. The molecule has 1 aliphatic rings. The first-order valence-corrected chi connectivity index (χ1v) is 8.93. The van der Waals surface area contributed by atoms with Crippen molar-refractivity contribution in [1.29, 1.82) is 0 Å². The summed E-state index contributed by atoms with van der Waals surface area (Å²) in [6.45, 7) is 0.834. The number of amides is 1. The maximum Gasteiger partial charge on any atom is 0.265 e. The van der Waals surface area contributed by atoms with Gasteiger partial charge in [0.2, 0.25) is 0 Å². The minimum atomic E-state index is 0.134. The monoisotopic (exact) mass is 413 g/mol. The van der Waals surface area contributed by atoms with Crippen molar-refractivity contribution in [3.63, 3.8) is 0 Å². The summed E-state index contributed by atoms with van der Waals surface area (Å²) in [5.41, 5.74) is 1.21. The van der Waals surface area contributed by atoms with E-state index in [0.29, 0.717) is 0 Å². The summed E-state index contributed by atoms with van der Waals surface area (Å²) in [7, 11) is 0. The summed E-state index contributed by atoms with van der Waals surface area (Å²) in [5.74, 6) is 0.134. The summed E-state index contributed by atoms with van der Waals surface area (Å²) >= 11 is 8.46. The molecule has 0 bridgehead atoms. The molecule has 1 unspecified atom stereocenters. The van der Waals surface area contributed by atoms with E-state index in [4.69, 9.17) is 0 Å². The fraction of sp³-hybridized carbons (Fsp3) is 0.267. The maximum absolute atomic E-state index is 12.7. The van der Waals surface area contributed by atoms with Crippen LogP contribution in [0.5, 0.6) is 0 Å². The van der Waals surface area contributed by atoms with Gasteiger partial charge >= 0.3 is 0 Å². The Balaban J connectivity index is 1.90. The van der Waals surface area contributed by atoms with Gasteiger partial charge in [0.05, 0.1) is 6.04 Å². The Morgan fingerprint density at radius 1 is 1.30 bits per heavy atom. The van der Waals surface area contributed by atoms with E-state index in [1.165, 1.54) is 16.9 Å². The molecule has 1 aliphatic heterocycles. The number of halogens is 2. The molecule has 2 heterocycles. The number of carbonyl (C=O) groups is 1. The molecule has 2 nitrogen and oxygen atoms in total. The lowest BCUT2D eigenvalue weighted by molar-refractivity contribution is 0.0739. The van der Waals surface area contributed by atoms with Crippen LogP contribution in [0.15, 0.2) is 44.7 Å². The van der Waals surface area contributed by atoms with Crippen molar-refractivity contribution >= 4 is 49.1 Å². The second kappa shape index (κ2) is 6.00. The van der Waals surface area contributed by atoms with E-state index < -0.39 is 0 Å². The average Bonchev–Trinajstić information content (AvgIpc) is 3.06. The van der Waals surface area contributed by atoms with E-state index in [1.807, 2.05) is 28.5 Å². The van der Waals surface area contributed by atoms with Crippen LogP contribution in [0.1, 0.15) is 34.1 Å². The normalized spacial score (nSPS) is 18.5. The number of thiophene rings is 1. The molecule has 1 aromatic carbocycles. The van der Waals surface area contributed by atoms with E-state index in [1.54, 1.807) is 0 Å². The number of likely N-dealkylation sites (tertiary alicyclic amines) is 1. The van der Waals surface area contributed by atoms with Crippen molar-refractivity contribution in [2.75, 3.05) is 6.54 Å². The van der Waals surface area contributed by atoms with Gasteiger partial charge in [0.25, 0.3) is 5.91 Å². The zero-order valence-corrected chi connectivity index (χ0v) is 14.7. The van der Waals surface area contributed by atoms with Crippen molar-refractivity contribution < 1.29 is 4.79 Å². The Kier molecular flexibility index (Phi) is 4.29. The third-order valence-electron chi connectivity index (χ3n) is 3.56. The molecule has 1 atom stereocenters. The highest BCUT2D eigenvalue weighted by molar-refractivity contribution is 9.10.